The predicted octanol–water partition coefficient (Wildman–Crippen LogP) is 3.78. The first-order chi connectivity index (χ1) is 11.8. The first-order valence-electron chi connectivity index (χ1n) is 8.27. The van der Waals surface area contributed by atoms with Crippen LogP contribution in [0.3, 0.4) is 0 Å². The molecule has 3 nitrogen and oxygen atoms in total. The molecule has 0 atom stereocenters. The maximum Gasteiger partial charge on any atom is 0.253 e. The quantitative estimate of drug-likeness (QED) is 0.843. The van der Waals surface area contributed by atoms with Crippen LogP contribution in [0.15, 0.2) is 66.2 Å². The summed E-state index contributed by atoms with van der Waals surface area (Å²) in [5.41, 5.74) is 4.27. The van der Waals surface area contributed by atoms with Crippen LogP contribution in [-0.4, -0.2) is 30.5 Å². The van der Waals surface area contributed by atoms with Crippen molar-refractivity contribution in [1.29, 1.82) is 0 Å². The molecule has 0 N–H and O–H groups in total. The van der Waals surface area contributed by atoms with Crippen molar-refractivity contribution in [3.8, 4) is 5.75 Å². The summed E-state index contributed by atoms with van der Waals surface area (Å²) in [4.78, 5) is 14.7. The molecule has 0 saturated carbocycles. The van der Waals surface area contributed by atoms with Gasteiger partial charge in [0.25, 0.3) is 5.91 Å². The lowest BCUT2D eigenvalue weighted by Crippen LogP contribution is -2.37. The number of nitrogens with zero attached hydrogens (tertiary/aromatic N) is 1. The molecule has 0 aromatic heterocycles. The van der Waals surface area contributed by atoms with Gasteiger partial charge in [0, 0.05) is 18.7 Å². The fourth-order valence-electron chi connectivity index (χ4n) is 3.21. The zero-order valence-corrected chi connectivity index (χ0v) is 13.4. The minimum atomic E-state index is 0.0767. The molecule has 2 aromatic rings. The molecule has 0 aliphatic carbocycles. The molecule has 0 spiro atoms. The lowest BCUT2D eigenvalue weighted by molar-refractivity contribution is -0.127. The van der Waals surface area contributed by atoms with Gasteiger partial charge in [0.2, 0.25) is 0 Å². The van der Waals surface area contributed by atoms with Crippen molar-refractivity contribution in [3.63, 3.8) is 0 Å². The average Bonchev–Trinajstić information content (AvgIpc) is 2.68. The molecule has 1 amide bonds. The number of ether oxygens (including phenoxy) is 1. The molecule has 2 aliphatic rings. The van der Waals surface area contributed by atoms with Gasteiger partial charge in [0.1, 0.15) is 12.4 Å². The second kappa shape index (κ2) is 6.36. The van der Waals surface area contributed by atoms with E-state index in [1.54, 1.807) is 0 Å². The van der Waals surface area contributed by atoms with E-state index < -0.39 is 0 Å². The summed E-state index contributed by atoms with van der Waals surface area (Å²) in [7, 11) is 0. The highest BCUT2D eigenvalue weighted by Gasteiger charge is 2.23. The van der Waals surface area contributed by atoms with Crippen molar-refractivity contribution < 1.29 is 9.53 Å². The predicted molar refractivity (Wildman–Crippen MR) is 95.5 cm³/mol. The standard InChI is InChI=1S/C21H19NO2/c23-21(19-14-18-8-4-5-9-20(18)24-15-19)22-12-10-17(11-13-22)16-6-2-1-3-7-16/h1-10,14H,11-13,15H2. The minimum Gasteiger partial charge on any atom is -0.488 e. The topological polar surface area (TPSA) is 29.5 Å². The van der Waals surface area contributed by atoms with Crippen LogP contribution in [0, 0.1) is 0 Å². The summed E-state index contributed by atoms with van der Waals surface area (Å²) in [5, 5.41) is 0. The first kappa shape index (κ1) is 14.8. The van der Waals surface area contributed by atoms with E-state index in [4.69, 9.17) is 4.74 Å². The maximum atomic E-state index is 12.8. The number of hydrogen-bond acceptors (Lipinski definition) is 2. The Morgan fingerprint density at radius 1 is 1.00 bits per heavy atom. The summed E-state index contributed by atoms with van der Waals surface area (Å²) >= 11 is 0. The lowest BCUT2D eigenvalue weighted by Gasteiger charge is -2.28. The fraction of sp³-hybridized carbons (Fsp3) is 0.190. The van der Waals surface area contributed by atoms with Crippen LogP contribution in [-0.2, 0) is 4.79 Å². The summed E-state index contributed by atoms with van der Waals surface area (Å²) in [6, 6.07) is 18.2. The van der Waals surface area contributed by atoms with Crippen LogP contribution in [0.4, 0.5) is 0 Å². The molecule has 0 saturated heterocycles. The Bertz CT molecular complexity index is 821. The van der Waals surface area contributed by atoms with Crippen molar-refractivity contribution >= 4 is 17.6 Å². The summed E-state index contributed by atoms with van der Waals surface area (Å²) in [6.45, 7) is 1.75. The smallest absolute Gasteiger partial charge is 0.253 e. The number of amides is 1. The molecule has 24 heavy (non-hydrogen) atoms. The van der Waals surface area contributed by atoms with Crippen LogP contribution in [0.1, 0.15) is 17.5 Å². The van der Waals surface area contributed by atoms with Crippen molar-refractivity contribution in [1.82, 2.24) is 4.90 Å². The molecule has 0 bridgehead atoms. The summed E-state index contributed by atoms with van der Waals surface area (Å²) < 4.78 is 5.71. The Hall–Kier alpha value is -2.81. The van der Waals surface area contributed by atoms with E-state index in [2.05, 4.69) is 30.3 Å². The highest BCUT2D eigenvalue weighted by Crippen LogP contribution is 2.28. The maximum absolute atomic E-state index is 12.8. The third kappa shape index (κ3) is 2.85. The third-order valence-electron chi connectivity index (χ3n) is 4.55. The average molecular weight is 317 g/mol. The van der Waals surface area contributed by atoms with Gasteiger partial charge in [-0.3, -0.25) is 4.79 Å². The highest BCUT2D eigenvalue weighted by molar-refractivity contribution is 5.99. The molecule has 0 radical (unpaired) electrons. The van der Waals surface area contributed by atoms with Crippen LogP contribution in [0.25, 0.3) is 11.6 Å². The van der Waals surface area contributed by atoms with E-state index in [1.807, 2.05) is 41.3 Å². The second-order valence-electron chi connectivity index (χ2n) is 6.09. The number of carbonyl (C=O) groups excluding carboxylic acids is 1. The van der Waals surface area contributed by atoms with Gasteiger partial charge in [-0.25, -0.2) is 0 Å². The van der Waals surface area contributed by atoms with Crippen molar-refractivity contribution in [3.05, 3.63) is 77.4 Å². The minimum absolute atomic E-state index is 0.0767. The van der Waals surface area contributed by atoms with Gasteiger partial charge < -0.3 is 9.64 Å². The summed E-state index contributed by atoms with van der Waals surface area (Å²) in [5.74, 6) is 0.923. The van der Waals surface area contributed by atoms with E-state index >= 15 is 0 Å². The number of carbonyl (C=O) groups is 1. The summed E-state index contributed by atoms with van der Waals surface area (Å²) in [6.07, 6.45) is 5.01. The zero-order valence-electron chi connectivity index (χ0n) is 13.4. The number of hydrogen-bond donors (Lipinski definition) is 0. The Labute approximate surface area is 141 Å². The van der Waals surface area contributed by atoms with Crippen LogP contribution in [0.2, 0.25) is 0 Å². The molecule has 2 aliphatic heterocycles. The lowest BCUT2D eigenvalue weighted by atomic mass is 9.99. The highest BCUT2D eigenvalue weighted by atomic mass is 16.5. The Morgan fingerprint density at radius 3 is 2.58 bits per heavy atom. The molecule has 2 aromatic carbocycles. The van der Waals surface area contributed by atoms with Gasteiger partial charge in [0.05, 0.1) is 5.57 Å². The monoisotopic (exact) mass is 317 g/mol. The number of fused-ring (bicyclic) bond motifs is 1. The first-order valence-corrected chi connectivity index (χ1v) is 8.27. The SMILES string of the molecule is O=C(C1=Cc2ccccc2OC1)N1CC=C(c2ccccc2)CC1. The normalized spacial score (nSPS) is 16.6. The Kier molecular flexibility index (Phi) is 3.91. The van der Waals surface area contributed by atoms with Crippen molar-refractivity contribution in [2.45, 2.75) is 6.42 Å². The van der Waals surface area contributed by atoms with E-state index in [1.165, 1.54) is 11.1 Å². The molecule has 0 unspecified atom stereocenters. The molecule has 2 heterocycles. The van der Waals surface area contributed by atoms with Gasteiger partial charge in [-0.2, -0.15) is 0 Å². The number of rotatable bonds is 2. The largest absolute Gasteiger partial charge is 0.488 e. The molecular formula is C21H19NO2. The molecule has 3 heteroatoms. The number of para-hydroxylation sites is 1. The van der Waals surface area contributed by atoms with E-state index in [0.717, 1.165) is 29.9 Å². The van der Waals surface area contributed by atoms with Gasteiger partial charge >= 0.3 is 0 Å². The van der Waals surface area contributed by atoms with Crippen LogP contribution < -0.4 is 4.74 Å². The molecule has 4 rings (SSSR count). The van der Waals surface area contributed by atoms with Crippen LogP contribution in [0.5, 0.6) is 5.75 Å². The van der Waals surface area contributed by atoms with Gasteiger partial charge in [-0.1, -0.05) is 54.6 Å². The van der Waals surface area contributed by atoms with Crippen LogP contribution >= 0.6 is 0 Å². The molecule has 120 valence electrons. The van der Waals surface area contributed by atoms with E-state index in [9.17, 15) is 4.79 Å². The van der Waals surface area contributed by atoms with Crippen molar-refractivity contribution in [2.24, 2.45) is 0 Å². The van der Waals surface area contributed by atoms with Gasteiger partial charge in [0.15, 0.2) is 0 Å². The van der Waals surface area contributed by atoms with E-state index in [-0.39, 0.29) is 5.91 Å². The second-order valence-corrected chi connectivity index (χ2v) is 6.09. The fourth-order valence-corrected chi connectivity index (χ4v) is 3.21. The third-order valence-corrected chi connectivity index (χ3v) is 4.55. The van der Waals surface area contributed by atoms with Crippen molar-refractivity contribution in [2.75, 3.05) is 19.7 Å². The molecule has 0 fully saturated rings. The van der Waals surface area contributed by atoms with Gasteiger partial charge in [-0.15, -0.1) is 0 Å². The number of benzene rings is 2. The Balaban J connectivity index is 1.49. The zero-order chi connectivity index (χ0) is 16.4. The Morgan fingerprint density at radius 2 is 1.79 bits per heavy atom. The van der Waals surface area contributed by atoms with Gasteiger partial charge in [-0.05, 0) is 29.7 Å². The van der Waals surface area contributed by atoms with E-state index in [0.29, 0.717) is 13.2 Å². The molecular weight excluding hydrogens is 298 g/mol.